The van der Waals surface area contributed by atoms with Gasteiger partial charge in [0.05, 0.1) is 11.5 Å². The van der Waals surface area contributed by atoms with E-state index >= 15 is 0 Å². The summed E-state index contributed by atoms with van der Waals surface area (Å²) in [5, 5.41) is 4.78. The van der Waals surface area contributed by atoms with Gasteiger partial charge in [-0.25, -0.2) is 13.2 Å². The summed E-state index contributed by atoms with van der Waals surface area (Å²) in [6, 6.07) is 0.922. The lowest BCUT2D eigenvalue weighted by Crippen LogP contribution is -2.50. The highest BCUT2D eigenvalue weighted by molar-refractivity contribution is 7.91. The highest BCUT2D eigenvalue weighted by atomic mass is 32.2. The van der Waals surface area contributed by atoms with Gasteiger partial charge in [0.25, 0.3) is 5.91 Å². The SMILES string of the molecule is CC(C)CN(C(=O)CN1C(=O)N[C@]2(CCCc3sccc32)C1=O)[C@@H]1CCS(=O)(=O)C1. The van der Waals surface area contributed by atoms with Gasteiger partial charge in [0.1, 0.15) is 12.1 Å². The molecule has 4 rings (SSSR count). The zero-order chi connectivity index (χ0) is 21.7. The molecule has 8 nitrogen and oxygen atoms in total. The summed E-state index contributed by atoms with van der Waals surface area (Å²) in [5.41, 5.74) is -0.238. The number of aryl methyl sites for hydroxylation is 1. The Morgan fingerprint density at radius 3 is 2.83 bits per heavy atom. The number of hydrogen-bond donors (Lipinski definition) is 1. The van der Waals surface area contributed by atoms with Crippen LogP contribution in [-0.4, -0.2) is 66.7 Å². The molecule has 0 unspecified atom stereocenters. The minimum Gasteiger partial charge on any atom is -0.337 e. The maximum atomic E-state index is 13.3. The molecular weight excluding hydrogens is 426 g/mol. The Labute approximate surface area is 180 Å². The van der Waals surface area contributed by atoms with Crippen molar-refractivity contribution < 1.29 is 22.8 Å². The lowest BCUT2D eigenvalue weighted by atomic mass is 9.80. The highest BCUT2D eigenvalue weighted by Gasteiger charge is 2.55. The van der Waals surface area contributed by atoms with Gasteiger partial charge in [-0.3, -0.25) is 14.5 Å². The van der Waals surface area contributed by atoms with E-state index in [0.717, 1.165) is 28.2 Å². The fourth-order valence-electron chi connectivity index (χ4n) is 4.78. The maximum Gasteiger partial charge on any atom is 0.325 e. The molecule has 2 saturated heterocycles. The smallest absolute Gasteiger partial charge is 0.325 e. The molecule has 2 atom stereocenters. The number of sulfone groups is 1. The van der Waals surface area contributed by atoms with Crippen LogP contribution in [0.2, 0.25) is 0 Å². The van der Waals surface area contributed by atoms with Gasteiger partial charge in [0, 0.05) is 23.0 Å². The molecule has 2 fully saturated rings. The third-order valence-corrected chi connectivity index (χ3v) is 8.89. The summed E-state index contributed by atoms with van der Waals surface area (Å²) >= 11 is 1.58. The van der Waals surface area contributed by atoms with Gasteiger partial charge in [0.2, 0.25) is 5.91 Å². The van der Waals surface area contributed by atoms with Crippen LogP contribution in [0.25, 0.3) is 0 Å². The van der Waals surface area contributed by atoms with Crippen LogP contribution in [0.5, 0.6) is 0 Å². The first-order valence-electron chi connectivity index (χ1n) is 10.3. The van der Waals surface area contributed by atoms with E-state index in [-0.39, 0.29) is 35.8 Å². The maximum absolute atomic E-state index is 13.3. The number of fused-ring (bicyclic) bond motifs is 2. The van der Waals surface area contributed by atoms with Gasteiger partial charge in [-0.05, 0) is 43.0 Å². The van der Waals surface area contributed by atoms with E-state index in [1.54, 1.807) is 16.2 Å². The topological polar surface area (TPSA) is 104 Å². The summed E-state index contributed by atoms with van der Waals surface area (Å²) in [5.74, 6) is -0.629. The largest absolute Gasteiger partial charge is 0.337 e. The van der Waals surface area contributed by atoms with Crippen LogP contribution in [0.3, 0.4) is 0 Å². The van der Waals surface area contributed by atoms with Crippen LogP contribution in [0.1, 0.15) is 43.6 Å². The Morgan fingerprint density at radius 2 is 2.17 bits per heavy atom. The Kier molecular flexibility index (Phi) is 5.42. The second-order valence-corrected chi connectivity index (χ2v) is 12.1. The van der Waals surface area contributed by atoms with Gasteiger partial charge < -0.3 is 10.2 Å². The molecule has 1 aliphatic carbocycles. The first-order chi connectivity index (χ1) is 14.1. The molecule has 0 radical (unpaired) electrons. The van der Waals surface area contributed by atoms with Crippen molar-refractivity contribution in [1.29, 1.82) is 0 Å². The average molecular weight is 454 g/mol. The third kappa shape index (κ3) is 3.64. The fourth-order valence-corrected chi connectivity index (χ4v) is 7.51. The number of thiophene rings is 1. The van der Waals surface area contributed by atoms with Crippen LogP contribution in [0.15, 0.2) is 11.4 Å². The number of hydrogen-bond acceptors (Lipinski definition) is 6. The number of nitrogens with one attached hydrogen (secondary N) is 1. The minimum atomic E-state index is -3.16. The Hall–Kier alpha value is -1.94. The zero-order valence-corrected chi connectivity index (χ0v) is 18.9. The van der Waals surface area contributed by atoms with Crippen molar-refractivity contribution in [3.63, 3.8) is 0 Å². The number of nitrogens with zero attached hydrogens (tertiary/aromatic N) is 2. The van der Waals surface area contributed by atoms with Crippen molar-refractivity contribution in [2.24, 2.45) is 5.92 Å². The molecule has 30 heavy (non-hydrogen) atoms. The third-order valence-electron chi connectivity index (χ3n) is 6.16. The summed E-state index contributed by atoms with van der Waals surface area (Å²) in [6.07, 6.45) is 2.58. The van der Waals surface area contributed by atoms with E-state index < -0.39 is 27.4 Å². The minimum absolute atomic E-state index is 0.0617. The number of carbonyl (C=O) groups excluding carboxylic acids is 3. The molecule has 1 N–H and O–H groups in total. The summed E-state index contributed by atoms with van der Waals surface area (Å²) in [7, 11) is -3.16. The van der Waals surface area contributed by atoms with E-state index in [1.165, 1.54) is 0 Å². The average Bonchev–Trinajstić information content (AvgIpc) is 3.34. The number of imide groups is 1. The van der Waals surface area contributed by atoms with Crippen molar-refractivity contribution in [2.45, 2.75) is 51.1 Å². The normalized spacial score (nSPS) is 27.6. The second-order valence-electron chi connectivity index (χ2n) is 8.83. The number of rotatable bonds is 5. The van der Waals surface area contributed by atoms with Gasteiger partial charge in [-0.2, -0.15) is 0 Å². The molecule has 1 aromatic heterocycles. The molecule has 1 aromatic rings. The van der Waals surface area contributed by atoms with Crippen molar-refractivity contribution >= 4 is 39.0 Å². The lowest BCUT2D eigenvalue weighted by Gasteiger charge is -2.32. The Morgan fingerprint density at radius 1 is 1.40 bits per heavy atom. The fraction of sp³-hybridized carbons (Fsp3) is 0.650. The first kappa shape index (κ1) is 21.3. The van der Waals surface area contributed by atoms with Gasteiger partial charge >= 0.3 is 6.03 Å². The van der Waals surface area contributed by atoms with E-state index in [4.69, 9.17) is 0 Å². The Balaban J connectivity index is 1.55. The van der Waals surface area contributed by atoms with Gasteiger partial charge in [0.15, 0.2) is 9.84 Å². The number of carbonyl (C=O) groups is 3. The van der Waals surface area contributed by atoms with Gasteiger partial charge in [-0.1, -0.05) is 13.8 Å². The van der Waals surface area contributed by atoms with Crippen LogP contribution in [0.4, 0.5) is 4.79 Å². The van der Waals surface area contributed by atoms with E-state index in [1.807, 2.05) is 25.3 Å². The van der Waals surface area contributed by atoms with Crippen LogP contribution < -0.4 is 5.32 Å². The van der Waals surface area contributed by atoms with Crippen molar-refractivity contribution in [3.8, 4) is 0 Å². The molecule has 164 valence electrons. The van der Waals surface area contributed by atoms with E-state index in [2.05, 4.69) is 5.32 Å². The van der Waals surface area contributed by atoms with Crippen LogP contribution >= 0.6 is 11.3 Å². The van der Waals surface area contributed by atoms with Crippen molar-refractivity contribution in [3.05, 3.63) is 21.9 Å². The molecular formula is C20H27N3O5S2. The Bertz CT molecular complexity index is 986. The molecule has 0 saturated carbocycles. The molecule has 2 aliphatic heterocycles. The number of urea groups is 1. The summed E-state index contributed by atoms with van der Waals surface area (Å²) in [6.45, 7) is 3.93. The monoisotopic (exact) mass is 453 g/mol. The highest BCUT2D eigenvalue weighted by Crippen LogP contribution is 2.42. The molecule has 3 heterocycles. The van der Waals surface area contributed by atoms with Crippen LogP contribution in [-0.2, 0) is 31.4 Å². The predicted molar refractivity (Wildman–Crippen MR) is 113 cm³/mol. The molecule has 1 spiro atoms. The van der Waals surface area contributed by atoms with Crippen LogP contribution in [0, 0.1) is 5.92 Å². The molecule has 0 aromatic carbocycles. The molecule has 3 aliphatic rings. The van der Waals surface area contributed by atoms with Gasteiger partial charge in [-0.15, -0.1) is 11.3 Å². The number of amides is 4. The lowest BCUT2D eigenvalue weighted by molar-refractivity contribution is -0.140. The molecule has 4 amide bonds. The molecule has 10 heteroatoms. The standard InChI is InChI=1S/C20H27N3O5S2/c1-13(2)10-22(14-6-9-30(27,28)12-14)17(24)11-23-18(25)20(21-19(23)26)7-3-4-16-15(20)5-8-29-16/h5,8,13-14H,3-4,6-7,9-12H2,1-2H3,(H,21,26)/t14-,20+/m1/s1. The van der Waals surface area contributed by atoms with Crippen molar-refractivity contribution in [1.82, 2.24) is 15.1 Å². The van der Waals surface area contributed by atoms with E-state index in [9.17, 15) is 22.8 Å². The zero-order valence-electron chi connectivity index (χ0n) is 17.2. The summed E-state index contributed by atoms with van der Waals surface area (Å²) < 4.78 is 23.9. The predicted octanol–water partition coefficient (Wildman–Crippen LogP) is 1.50. The quantitative estimate of drug-likeness (QED) is 0.681. The second kappa shape index (κ2) is 7.64. The molecule has 0 bridgehead atoms. The first-order valence-corrected chi connectivity index (χ1v) is 13.0. The van der Waals surface area contributed by atoms with E-state index in [0.29, 0.717) is 19.4 Å². The van der Waals surface area contributed by atoms with Crippen molar-refractivity contribution in [2.75, 3.05) is 24.6 Å². The summed E-state index contributed by atoms with van der Waals surface area (Å²) in [4.78, 5) is 42.9.